The molecule has 4 heteroatoms. The highest BCUT2D eigenvalue weighted by molar-refractivity contribution is 8.31. The number of hydrogen-bond acceptors (Lipinski definition) is 1. The molecule has 1 rings (SSSR count). The number of nitrogens with zero attached hydrogens (tertiary/aromatic N) is 1. The van der Waals surface area contributed by atoms with Crippen molar-refractivity contribution < 1.29 is 3.89 Å². The molecule has 0 amide bonds. The Morgan fingerprint density at radius 3 is 1.87 bits per heavy atom. The highest BCUT2D eigenvalue weighted by Crippen LogP contribution is 2.73. The zero-order chi connectivity index (χ0) is 11.9. The van der Waals surface area contributed by atoms with Crippen LogP contribution < -0.4 is 0 Å². The van der Waals surface area contributed by atoms with E-state index in [1.54, 1.807) is 12.3 Å². The zero-order valence-corrected chi connectivity index (χ0v) is 11.2. The summed E-state index contributed by atoms with van der Waals surface area (Å²) in [5.41, 5.74) is 0. The van der Waals surface area contributed by atoms with Crippen LogP contribution in [0, 0.1) is 0 Å². The van der Waals surface area contributed by atoms with Crippen molar-refractivity contribution in [2.45, 2.75) is 56.1 Å². The van der Waals surface area contributed by atoms with Crippen LogP contribution in [-0.4, -0.2) is 19.7 Å². The number of H-pyrrole nitrogens is 1. The van der Waals surface area contributed by atoms with Crippen LogP contribution >= 0.6 is 10.4 Å². The van der Waals surface area contributed by atoms with Crippen molar-refractivity contribution in [3.63, 3.8) is 0 Å². The molecule has 0 aliphatic carbocycles. The van der Waals surface area contributed by atoms with Crippen molar-refractivity contribution in [1.29, 1.82) is 0 Å². The molecular formula is C11H21FN2S. The minimum atomic E-state index is -2.42. The normalized spacial score (nSPS) is 15.4. The van der Waals surface area contributed by atoms with E-state index in [4.69, 9.17) is 0 Å². The van der Waals surface area contributed by atoms with Gasteiger partial charge in [0, 0.05) is 15.7 Å². The Morgan fingerprint density at radius 2 is 1.60 bits per heavy atom. The number of rotatable bonds is 1. The fourth-order valence-electron chi connectivity index (χ4n) is 1.98. The lowest BCUT2D eigenvalue weighted by molar-refractivity contribution is 0.633. The van der Waals surface area contributed by atoms with Crippen molar-refractivity contribution in [2.75, 3.05) is 0 Å². The molecular weight excluding hydrogens is 211 g/mol. The number of nitrogens with one attached hydrogen (secondary N) is 1. The molecule has 0 radical (unpaired) electrons. The van der Waals surface area contributed by atoms with Gasteiger partial charge in [-0.15, -0.1) is 0 Å². The van der Waals surface area contributed by atoms with Gasteiger partial charge in [0.25, 0.3) is 0 Å². The molecule has 15 heavy (non-hydrogen) atoms. The van der Waals surface area contributed by atoms with Gasteiger partial charge in [-0.25, -0.2) is 0 Å². The number of hydrogen-bond donors (Lipinski definition) is 1. The molecule has 0 unspecified atom stereocenters. The summed E-state index contributed by atoms with van der Waals surface area (Å²) in [5, 5.41) is 7.32. The Labute approximate surface area is 93.3 Å². The predicted molar refractivity (Wildman–Crippen MR) is 65.1 cm³/mol. The highest BCUT2D eigenvalue weighted by Gasteiger charge is 2.49. The van der Waals surface area contributed by atoms with Gasteiger partial charge < -0.3 is 0 Å². The van der Waals surface area contributed by atoms with Crippen LogP contribution in [0.15, 0.2) is 17.3 Å². The van der Waals surface area contributed by atoms with E-state index >= 15 is 3.89 Å². The number of aromatic amines is 1. The first-order valence-corrected chi connectivity index (χ1v) is 6.65. The highest BCUT2D eigenvalue weighted by atomic mass is 32.3. The lowest BCUT2D eigenvalue weighted by Crippen LogP contribution is -2.35. The Bertz CT molecular complexity index is 305. The molecule has 1 N–H and O–H groups in total. The quantitative estimate of drug-likeness (QED) is 0.777. The van der Waals surface area contributed by atoms with Crippen LogP contribution in [0.2, 0.25) is 0 Å². The molecule has 1 aromatic heterocycles. The summed E-state index contributed by atoms with van der Waals surface area (Å²) in [6.45, 7) is 11.7. The van der Waals surface area contributed by atoms with Crippen molar-refractivity contribution in [3.05, 3.63) is 12.3 Å². The lowest BCUT2D eigenvalue weighted by Gasteiger charge is -2.50. The summed E-state index contributed by atoms with van der Waals surface area (Å²) in [5.74, 6) is 0. The molecule has 0 bridgehead atoms. The number of aromatic nitrogens is 2. The fourth-order valence-corrected chi connectivity index (χ4v) is 5.56. The average molecular weight is 232 g/mol. The molecule has 0 aromatic carbocycles. The van der Waals surface area contributed by atoms with Crippen LogP contribution in [0.3, 0.4) is 0 Å². The first kappa shape index (κ1) is 12.6. The summed E-state index contributed by atoms with van der Waals surface area (Å²) < 4.78 is 14.6. The molecule has 0 aliphatic rings. The largest absolute Gasteiger partial charge is 0.271 e. The topological polar surface area (TPSA) is 28.7 Å². The maximum atomic E-state index is 15.4. The van der Waals surface area contributed by atoms with E-state index in [2.05, 4.69) is 10.2 Å². The van der Waals surface area contributed by atoms with Gasteiger partial charge in [0.2, 0.25) is 0 Å². The van der Waals surface area contributed by atoms with E-state index < -0.39 is 19.9 Å². The molecule has 1 heterocycles. The second kappa shape index (κ2) is 3.51. The first-order valence-electron chi connectivity index (χ1n) is 5.12. The van der Waals surface area contributed by atoms with Crippen molar-refractivity contribution in [2.24, 2.45) is 0 Å². The maximum Gasteiger partial charge on any atom is 0.101 e. The Hall–Kier alpha value is -0.510. The molecule has 2 nitrogen and oxygen atoms in total. The third kappa shape index (κ3) is 1.92. The summed E-state index contributed by atoms with van der Waals surface area (Å²) >= 11 is 0. The average Bonchev–Trinajstić information content (AvgIpc) is 2.49. The van der Waals surface area contributed by atoms with Gasteiger partial charge in [0.15, 0.2) is 0 Å². The summed E-state index contributed by atoms with van der Waals surface area (Å²) in [4.78, 5) is 0. The second-order valence-corrected chi connectivity index (χ2v) is 9.65. The van der Waals surface area contributed by atoms with Crippen LogP contribution in [0.1, 0.15) is 41.5 Å². The molecule has 0 saturated carbocycles. The van der Waals surface area contributed by atoms with E-state index in [-0.39, 0.29) is 0 Å². The molecule has 0 atom stereocenters. The van der Waals surface area contributed by atoms with Crippen molar-refractivity contribution in [1.82, 2.24) is 10.2 Å². The van der Waals surface area contributed by atoms with Gasteiger partial charge >= 0.3 is 0 Å². The summed E-state index contributed by atoms with van der Waals surface area (Å²) in [7, 11) is -2.42. The summed E-state index contributed by atoms with van der Waals surface area (Å²) in [6, 6.07) is 1.76. The molecule has 0 aliphatic heterocycles. The van der Waals surface area contributed by atoms with E-state index in [1.807, 2.05) is 41.5 Å². The van der Waals surface area contributed by atoms with Gasteiger partial charge in [0.1, 0.15) is 5.03 Å². The van der Waals surface area contributed by atoms with Crippen LogP contribution in [-0.2, 0) is 0 Å². The van der Waals surface area contributed by atoms with E-state index in [9.17, 15) is 0 Å². The Kier molecular flexibility index (Phi) is 2.94. The van der Waals surface area contributed by atoms with Crippen LogP contribution in [0.4, 0.5) is 3.89 Å². The van der Waals surface area contributed by atoms with Crippen LogP contribution in [0.25, 0.3) is 0 Å². The van der Waals surface area contributed by atoms with E-state index in [1.165, 1.54) is 0 Å². The molecule has 88 valence electrons. The van der Waals surface area contributed by atoms with Gasteiger partial charge in [-0.2, -0.15) is 8.98 Å². The third-order valence-corrected chi connectivity index (χ3v) is 6.67. The second-order valence-electron chi connectivity index (χ2n) is 5.68. The van der Waals surface area contributed by atoms with Gasteiger partial charge in [-0.05, 0) is 58.0 Å². The monoisotopic (exact) mass is 232 g/mol. The molecule has 1 aromatic rings. The smallest absolute Gasteiger partial charge is 0.101 e. The van der Waals surface area contributed by atoms with Crippen LogP contribution in [0.5, 0.6) is 0 Å². The lowest BCUT2D eigenvalue weighted by atomic mass is 10.2. The van der Waals surface area contributed by atoms with Gasteiger partial charge in [-0.1, -0.05) is 0 Å². The predicted octanol–water partition coefficient (Wildman–Crippen LogP) is 4.05. The molecule has 0 spiro atoms. The third-order valence-electron chi connectivity index (χ3n) is 2.47. The number of halogens is 1. The van der Waals surface area contributed by atoms with Gasteiger partial charge in [0.05, 0.1) is 0 Å². The van der Waals surface area contributed by atoms with E-state index in [0.717, 1.165) is 0 Å². The van der Waals surface area contributed by atoms with Crippen molar-refractivity contribution in [3.8, 4) is 0 Å². The van der Waals surface area contributed by atoms with E-state index in [0.29, 0.717) is 5.03 Å². The van der Waals surface area contributed by atoms with Gasteiger partial charge in [-0.3, -0.25) is 5.10 Å². The first-order chi connectivity index (χ1) is 6.61. The maximum absolute atomic E-state index is 15.4. The fraction of sp³-hybridized carbons (Fsp3) is 0.727. The standard InChI is InChI=1S/C11H21FN2S/c1-10(2,3)15(12,11(4,5)6)9-7-8-13-14-9/h7-8H,1-6H3,(H,13,14). The minimum Gasteiger partial charge on any atom is -0.271 e. The van der Waals surface area contributed by atoms with Crippen molar-refractivity contribution >= 4 is 10.4 Å². The Morgan fingerprint density at radius 1 is 1.13 bits per heavy atom. The Balaban J connectivity index is 3.33. The SMILES string of the molecule is CC(C)(C)S(F)(c1ccn[nH]1)C(C)(C)C. The molecule has 0 saturated heterocycles. The summed E-state index contributed by atoms with van der Waals surface area (Å²) in [6.07, 6.45) is 1.62. The minimum absolute atomic E-state index is 0.391. The zero-order valence-electron chi connectivity index (χ0n) is 10.4. The molecule has 0 fully saturated rings.